The van der Waals surface area contributed by atoms with Crippen LogP contribution in [0.5, 0.6) is 0 Å². The number of hydrogen-bond donors (Lipinski definition) is 2. The topological polar surface area (TPSA) is 73.7 Å². The molecule has 3 nitrogen and oxygen atoms in total. The summed E-state index contributed by atoms with van der Waals surface area (Å²) < 4.78 is 26.6. The first-order valence-electron chi connectivity index (χ1n) is 6.03. The SMILES string of the molecule is N#Cc1cc(F)c(N)c(C(=N)/C=C/c2cccc(F)c2)c1. The molecule has 104 valence electrons. The standard InChI is InChI=1S/C16H11F2N3/c17-12-3-1-2-10(6-12)4-5-15(20)13-7-11(9-19)8-14(18)16(13)21/h1-8,20H,21H2/b5-4+,20-15?. The molecule has 0 unspecified atom stereocenters. The quantitative estimate of drug-likeness (QED) is 0.668. The number of allylic oxidation sites excluding steroid dienone is 1. The molecule has 0 bridgehead atoms. The van der Waals surface area contributed by atoms with Crippen molar-refractivity contribution in [3.05, 3.63) is 70.8 Å². The summed E-state index contributed by atoms with van der Waals surface area (Å²) in [7, 11) is 0. The smallest absolute Gasteiger partial charge is 0.148 e. The van der Waals surface area contributed by atoms with E-state index in [4.69, 9.17) is 16.4 Å². The van der Waals surface area contributed by atoms with Gasteiger partial charge >= 0.3 is 0 Å². The minimum Gasteiger partial charge on any atom is -0.396 e. The lowest BCUT2D eigenvalue weighted by molar-refractivity contribution is 0.627. The van der Waals surface area contributed by atoms with Crippen LogP contribution in [0.3, 0.4) is 0 Å². The Balaban J connectivity index is 2.33. The molecule has 0 fully saturated rings. The highest BCUT2D eigenvalue weighted by atomic mass is 19.1. The van der Waals surface area contributed by atoms with Gasteiger partial charge in [-0.05, 0) is 35.9 Å². The third kappa shape index (κ3) is 3.31. The molecule has 3 N–H and O–H groups in total. The molecule has 0 saturated carbocycles. The van der Waals surface area contributed by atoms with Gasteiger partial charge in [0.1, 0.15) is 11.6 Å². The zero-order valence-corrected chi connectivity index (χ0v) is 10.9. The monoisotopic (exact) mass is 283 g/mol. The van der Waals surface area contributed by atoms with Crippen molar-refractivity contribution in [1.29, 1.82) is 10.7 Å². The van der Waals surface area contributed by atoms with Gasteiger partial charge < -0.3 is 11.1 Å². The fourth-order valence-corrected chi connectivity index (χ4v) is 1.78. The second-order valence-corrected chi connectivity index (χ2v) is 4.33. The highest BCUT2D eigenvalue weighted by Crippen LogP contribution is 2.20. The predicted octanol–water partition coefficient (Wildman–Crippen LogP) is 3.50. The lowest BCUT2D eigenvalue weighted by Gasteiger charge is -2.06. The number of nitrogens with two attached hydrogens (primary N) is 1. The summed E-state index contributed by atoms with van der Waals surface area (Å²) in [6.07, 6.45) is 2.89. The van der Waals surface area contributed by atoms with Gasteiger partial charge in [0.05, 0.1) is 23.0 Å². The van der Waals surface area contributed by atoms with Crippen molar-refractivity contribution in [1.82, 2.24) is 0 Å². The Bertz CT molecular complexity index is 774. The van der Waals surface area contributed by atoms with Crippen LogP contribution in [0.4, 0.5) is 14.5 Å². The molecule has 0 heterocycles. The maximum Gasteiger partial charge on any atom is 0.148 e. The summed E-state index contributed by atoms with van der Waals surface area (Å²) in [5.74, 6) is -1.13. The molecule has 0 atom stereocenters. The van der Waals surface area contributed by atoms with Crippen LogP contribution in [0.15, 0.2) is 42.5 Å². The lowest BCUT2D eigenvalue weighted by atomic mass is 10.0. The van der Waals surface area contributed by atoms with Crippen molar-refractivity contribution >= 4 is 17.5 Å². The van der Waals surface area contributed by atoms with Crippen molar-refractivity contribution in [2.24, 2.45) is 0 Å². The van der Waals surface area contributed by atoms with E-state index in [1.165, 1.54) is 30.4 Å². The van der Waals surface area contributed by atoms with Crippen molar-refractivity contribution < 1.29 is 8.78 Å². The summed E-state index contributed by atoms with van der Waals surface area (Å²) >= 11 is 0. The van der Waals surface area contributed by atoms with E-state index in [1.54, 1.807) is 18.2 Å². The van der Waals surface area contributed by atoms with Gasteiger partial charge in [0.25, 0.3) is 0 Å². The summed E-state index contributed by atoms with van der Waals surface area (Å²) in [4.78, 5) is 0. The first kappa shape index (κ1) is 14.4. The number of nitriles is 1. The zero-order valence-electron chi connectivity index (χ0n) is 10.9. The van der Waals surface area contributed by atoms with Crippen LogP contribution >= 0.6 is 0 Å². The maximum absolute atomic E-state index is 13.6. The number of nitrogens with zero attached hydrogens (tertiary/aromatic N) is 1. The number of benzene rings is 2. The predicted molar refractivity (Wildman–Crippen MR) is 77.8 cm³/mol. The molecule has 0 aliphatic rings. The molecule has 0 aromatic heterocycles. The van der Waals surface area contributed by atoms with Crippen molar-refractivity contribution in [3.8, 4) is 6.07 Å². The molecule has 2 rings (SSSR count). The minimum atomic E-state index is -0.743. The molecule has 5 heteroatoms. The first-order valence-corrected chi connectivity index (χ1v) is 6.03. The van der Waals surface area contributed by atoms with Crippen LogP contribution in [-0.4, -0.2) is 5.71 Å². The van der Waals surface area contributed by atoms with Crippen LogP contribution in [0.2, 0.25) is 0 Å². The third-order valence-electron chi connectivity index (χ3n) is 2.84. The van der Waals surface area contributed by atoms with E-state index in [0.29, 0.717) is 5.56 Å². The van der Waals surface area contributed by atoms with Crippen LogP contribution in [0.25, 0.3) is 6.08 Å². The van der Waals surface area contributed by atoms with E-state index < -0.39 is 5.82 Å². The molecular weight excluding hydrogens is 272 g/mol. The highest BCUT2D eigenvalue weighted by molar-refractivity contribution is 6.12. The van der Waals surface area contributed by atoms with Crippen molar-refractivity contribution in [3.63, 3.8) is 0 Å². The zero-order chi connectivity index (χ0) is 15.4. The number of anilines is 1. The van der Waals surface area contributed by atoms with Gasteiger partial charge in [-0.3, -0.25) is 0 Å². The fraction of sp³-hybridized carbons (Fsp3) is 0. The average molecular weight is 283 g/mol. The molecule has 0 aliphatic carbocycles. The summed E-state index contributed by atoms with van der Waals surface area (Å²) in [5, 5.41) is 16.7. The van der Waals surface area contributed by atoms with Crippen LogP contribution in [0, 0.1) is 28.4 Å². The molecule has 0 aliphatic heterocycles. The van der Waals surface area contributed by atoms with Crippen molar-refractivity contribution in [2.45, 2.75) is 0 Å². The van der Waals surface area contributed by atoms with E-state index in [0.717, 1.165) is 6.07 Å². The summed E-state index contributed by atoms with van der Waals surface area (Å²) in [6, 6.07) is 10.00. The van der Waals surface area contributed by atoms with Gasteiger partial charge in [-0.1, -0.05) is 18.2 Å². The van der Waals surface area contributed by atoms with Crippen LogP contribution < -0.4 is 5.73 Å². The number of nitrogen functional groups attached to an aromatic ring is 1. The van der Waals surface area contributed by atoms with E-state index in [-0.39, 0.29) is 28.3 Å². The van der Waals surface area contributed by atoms with Crippen molar-refractivity contribution in [2.75, 3.05) is 5.73 Å². The molecular formula is C16H11F2N3. The van der Waals surface area contributed by atoms with Gasteiger partial charge in [-0.15, -0.1) is 0 Å². The fourth-order valence-electron chi connectivity index (χ4n) is 1.78. The van der Waals surface area contributed by atoms with Gasteiger partial charge in [0.2, 0.25) is 0 Å². The normalized spacial score (nSPS) is 10.5. The molecule has 2 aromatic rings. The Labute approximate surface area is 120 Å². The molecule has 0 radical (unpaired) electrons. The van der Waals surface area contributed by atoms with Gasteiger partial charge in [0, 0.05) is 5.56 Å². The van der Waals surface area contributed by atoms with E-state index in [2.05, 4.69) is 0 Å². The first-order chi connectivity index (χ1) is 10.0. The summed E-state index contributed by atoms with van der Waals surface area (Å²) in [5.41, 5.74) is 6.10. The molecule has 21 heavy (non-hydrogen) atoms. The maximum atomic E-state index is 13.6. The second-order valence-electron chi connectivity index (χ2n) is 4.33. The number of hydrogen-bond acceptors (Lipinski definition) is 3. The largest absolute Gasteiger partial charge is 0.396 e. The number of rotatable bonds is 3. The average Bonchev–Trinajstić information content (AvgIpc) is 2.47. The van der Waals surface area contributed by atoms with E-state index in [9.17, 15) is 8.78 Å². The molecule has 0 amide bonds. The van der Waals surface area contributed by atoms with E-state index in [1.807, 2.05) is 0 Å². The Kier molecular flexibility index (Phi) is 4.10. The lowest BCUT2D eigenvalue weighted by Crippen LogP contribution is -2.04. The number of nitrogens with one attached hydrogen (secondary N) is 1. The Morgan fingerprint density at radius 2 is 2.00 bits per heavy atom. The number of halogens is 2. The minimum absolute atomic E-state index is 0.0623. The molecule has 0 spiro atoms. The van der Waals surface area contributed by atoms with Gasteiger partial charge in [-0.25, -0.2) is 8.78 Å². The highest BCUT2D eigenvalue weighted by Gasteiger charge is 2.10. The van der Waals surface area contributed by atoms with E-state index >= 15 is 0 Å². The molecule has 0 saturated heterocycles. The van der Waals surface area contributed by atoms with Gasteiger partial charge in [0.15, 0.2) is 0 Å². The van der Waals surface area contributed by atoms with Crippen LogP contribution in [-0.2, 0) is 0 Å². The van der Waals surface area contributed by atoms with Gasteiger partial charge in [-0.2, -0.15) is 5.26 Å². The second kappa shape index (κ2) is 5.97. The Morgan fingerprint density at radius 3 is 2.67 bits per heavy atom. The Morgan fingerprint density at radius 1 is 1.24 bits per heavy atom. The molecule has 2 aromatic carbocycles. The third-order valence-corrected chi connectivity index (χ3v) is 2.84. The Hall–Kier alpha value is -3.00. The summed E-state index contributed by atoms with van der Waals surface area (Å²) in [6.45, 7) is 0. The van der Waals surface area contributed by atoms with Crippen LogP contribution in [0.1, 0.15) is 16.7 Å².